The van der Waals surface area contributed by atoms with Crippen molar-refractivity contribution < 1.29 is 14.3 Å². The summed E-state index contributed by atoms with van der Waals surface area (Å²) in [5.41, 5.74) is 0.677. The van der Waals surface area contributed by atoms with Crippen LogP contribution >= 0.6 is 0 Å². The third-order valence-electron chi connectivity index (χ3n) is 3.68. The average Bonchev–Trinajstić information content (AvgIpc) is 2.46. The Labute approximate surface area is 114 Å². The summed E-state index contributed by atoms with van der Waals surface area (Å²) in [5.74, 6) is 0.0965. The monoisotopic (exact) mass is 260 g/mol. The predicted octanol–water partition coefficient (Wildman–Crippen LogP) is 3.24. The predicted molar refractivity (Wildman–Crippen MR) is 73.6 cm³/mol. The number of benzene rings is 1. The summed E-state index contributed by atoms with van der Waals surface area (Å²) in [5, 5.41) is 0. The Bertz CT molecular complexity index is 452. The lowest BCUT2D eigenvalue weighted by atomic mass is 9.90. The molecule has 1 heterocycles. The molecule has 102 valence electrons. The van der Waals surface area contributed by atoms with Crippen LogP contribution in [0.1, 0.15) is 32.3 Å². The minimum atomic E-state index is -0.448. The summed E-state index contributed by atoms with van der Waals surface area (Å²) in [6.45, 7) is 4.59. The van der Waals surface area contributed by atoms with E-state index in [1.165, 1.54) is 12.3 Å². The number of hydrogen-bond donors (Lipinski definition) is 0. The largest absolute Gasteiger partial charge is 0.494 e. The Morgan fingerprint density at radius 2 is 2.11 bits per heavy atom. The molecule has 1 aromatic carbocycles. The third kappa shape index (κ3) is 3.44. The molecule has 0 saturated heterocycles. The fourth-order valence-electron chi connectivity index (χ4n) is 2.11. The number of carbonyl (C=O) groups is 1. The maximum atomic E-state index is 11.5. The van der Waals surface area contributed by atoms with Gasteiger partial charge in [-0.3, -0.25) is 4.79 Å². The van der Waals surface area contributed by atoms with Crippen LogP contribution in [0.5, 0.6) is 0 Å². The molecule has 0 amide bonds. The fourth-order valence-corrected chi connectivity index (χ4v) is 2.11. The quantitative estimate of drug-likeness (QED) is 0.815. The highest BCUT2D eigenvalue weighted by Crippen LogP contribution is 2.28. The van der Waals surface area contributed by atoms with E-state index in [0.29, 0.717) is 13.0 Å². The summed E-state index contributed by atoms with van der Waals surface area (Å²) in [7, 11) is 0. The van der Waals surface area contributed by atoms with Gasteiger partial charge in [-0.05, 0) is 18.9 Å². The second-order valence-corrected chi connectivity index (χ2v) is 5.04. The van der Waals surface area contributed by atoms with Gasteiger partial charge in [-0.25, -0.2) is 0 Å². The Morgan fingerprint density at radius 3 is 2.74 bits per heavy atom. The maximum Gasteiger partial charge on any atom is 0.162 e. The van der Waals surface area contributed by atoms with Gasteiger partial charge >= 0.3 is 0 Å². The van der Waals surface area contributed by atoms with E-state index in [-0.39, 0.29) is 11.9 Å². The van der Waals surface area contributed by atoms with Crippen LogP contribution in [0.15, 0.2) is 42.7 Å². The smallest absolute Gasteiger partial charge is 0.162 e. The molecule has 0 aromatic heterocycles. The van der Waals surface area contributed by atoms with Crippen molar-refractivity contribution in [2.24, 2.45) is 0 Å². The third-order valence-corrected chi connectivity index (χ3v) is 3.68. The topological polar surface area (TPSA) is 35.5 Å². The van der Waals surface area contributed by atoms with Crippen LogP contribution < -0.4 is 0 Å². The second kappa shape index (κ2) is 6.02. The molecule has 0 aliphatic carbocycles. The number of hydrogen-bond acceptors (Lipinski definition) is 3. The molecule has 0 unspecified atom stereocenters. The van der Waals surface area contributed by atoms with Crippen molar-refractivity contribution in [3.8, 4) is 0 Å². The van der Waals surface area contributed by atoms with E-state index in [4.69, 9.17) is 9.47 Å². The van der Waals surface area contributed by atoms with Crippen molar-refractivity contribution in [2.75, 3.05) is 0 Å². The molecular weight excluding hydrogens is 240 g/mol. The molecule has 0 radical (unpaired) electrons. The van der Waals surface area contributed by atoms with Crippen molar-refractivity contribution in [1.29, 1.82) is 0 Å². The van der Waals surface area contributed by atoms with Crippen molar-refractivity contribution in [1.82, 2.24) is 0 Å². The van der Waals surface area contributed by atoms with E-state index in [0.717, 1.165) is 12.0 Å². The highest BCUT2D eigenvalue weighted by Gasteiger charge is 2.37. The Kier molecular flexibility index (Phi) is 4.38. The van der Waals surface area contributed by atoms with Crippen LogP contribution in [-0.2, 0) is 20.9 Å². The highest BCUT2D eigenvalue weighted by atomic mass is 16.5. The zero-order valence-electron chi connectivity index (χ0n) is 11.5. The van der Waals surface area contributed by atoms with E-state index in [1.807, 2.05) is 37.3 Å². The molecule has 1 aliphatic heterocycles. The molecular formula is C16H20O3. The summed E-state index contributed by atoms with van der Waals surface area (Å²) in [6.07, 6.45) is 3.93. The average molecular weight is 260 g/mol. The molecule has 3 nitrogen and oxygen atoms in total. The number of ketones is 1. The lowest BCUT2D eigenvalue weighted by molar-refractivity contribution is -0.143. The first-order valence-electron chi connectivity index (χ1n) is 6.67. The maximum absolute atomic E-state index is 11.5. The standard InChI is InChI=1S/C16H20O3/c1-3-16(2,15-11-14(17)9-10-18-15)19-12-13-7-5-4-6-8-13/h4-10,15H,3,11-12H2,1-2H3/t15-,16-/m1/s1. The normalized spacial score (nSPS) is 21.8. The van der Waals surface area contributed by atoms with Crippen molar-refractivity contribution in [3.63, 3.8) is 0 Å². The van der Waals surface area contributed by atoms with Crippen LogP contribution in [0.2, 0.25) is 0 Å². The van der Waals surface area contributed by atoms with Crippen LogP contribution in [-0.4, -0.2) is 17.5 Å². The van der Waals surface area contributed by atoms with Crippen molar-refractivity contribution in [3.05, 3.63) is 48.2 Å². The lowest BCUT2D eigenvalue weighted by Gasteiger charge is -2.37. The van der Waals surface area contributed by atoms with Gasteiger partial charge in [0, 0.05) is 6.08 Å². The molecule has 1 aromatic rings. The first kappa shape index (κ1) is 13.8. The van der Waals surface area contributed by atoms with E-state index in [2.05, 4.69) is 6.92 Å². The van der Waals surface area contributed by atoms with Gasteiger partial charge in [0.1, 0.15) is 11.7 Å². The van der Waals surface area contributed by atoms with Crippen LogP contribution in [0.25, 0.3) is 0 Å². The zero-order valence-corrected chi connectivity index (χ0v) is 11.5. The second-order valence-electron chi connectivity index (χ2n) is 5.04. The van der Waals surface area contributed by atoms with E-state index >= 15 is 0 Å². The molecule has 19 heavy (non-hydrogen) atoms. The first-order valence-corrected chi connectivity index (χ1v) is 6.67. The fraction of sp³-hybridized carbons (Fsp3) is 0.438. The summed E-state index contributed by atoms with van der Waals surface area (Å²) in [6, 6.07) is 10.0. The summed E-state index contributed by atoms with van der Waals surface area (Å²) in [4.78, 5) is 11.5. The number of rotatable bonds is 5. The Hall–Kier alpha value is -1.61. The van der Waals surface area contributed by atoms with Crippen molar-refractivity contribution >= 4 is 5.78 Å². The molecule has 1 aliphatic rings. The molecule has 0 saturated carbocycles. The lowest BCUT2D eigenvalue weighted by Crippen LogP contribution is -2.44. The minimum absolute atomic E-state index is 0.0965. The molecule has 2 atom stereocenters. The van der Waals surface area contributed by atoms with Gasteiger partial charge < -0.3 is 9.47 Å². The number of allylic oxidation sites excluding steroid dienone is 1. The molecule has 3 heteroatoms. The Morgan fingerprint density at radius 1 is 1.37 bits per heavy atom. The first-order chi connectivity index (χ1) is 9.14. The number of ether oxygens (including phenoxy) is 2. The van der Waals surface area contributed by atoms with Gasteiger partial charge in [-0.2, -0.15) is 0 Å². The van der Waals surface area contributed by atoms with Gasteiger partial charge in [-0.15, -0.1) is 0 Å². The van der Waals surface area contributed by atoms with Gasteiger partial charge in [-0.1, -0.05) is 37.3 Å². The molecule has 0 bridgehead atoms. The number of carbonyl (C=O) groups excluding carboxylic acids is 1. The molecule has 0 spiro atoms. The minimum Gasteiger partial charge on any atom is -0.494 e. The van der Waals surface area contributed by atoms with E-state index in [9.17, 15) is 4.79 Å². The highest BCUT2D eigenvalue weighted by molar-refractivity contribution is 5.90. The molecule has 0 N–H and O–H groups in total. The summed E-state index contributed by atoms with van der Waals surface area (Å²) < 4.78 is 11.6. The Balaban J connectivity index is 2.01. The molecule has 2 rings (SSSR count). The van der Waals surface area contributed by atoms with Gasteiger partial charge in [0.15, 0.2) is 5.78 Å². The zero-order chi connectivity index (χ0) is 13.7. The van der Waals surface area contributed by atoms with E-state index < -0.39 is 5.60 Å². The SMILES string of the molecule is CC[C@@](C)(OCc1ccccc1)[C@H]1CC(=O)C=CO1. The molecule has 0 fully saturated rings. The van der Waals surface area contributed by atoms with Crippen LogP contribution in [0.3, 0.4) is 0 Å². The van der Waals surface area contributed by atoms with Gasteiger partial charge in [0.05, 0.1) is 19.3 Å². The van der Waals surface area contributed by atoms with Crippen molar-refractivity contribution in [2.45, 2.75) is 45.0 Å². The van der Waals surface area contributed by atoms with Crippen LogP contribution in [0.4, 0.5) is 0 Å². The van der Waals surface area contributed by atoms with E-state index in [1.54, 1.807) is 0 Å². The van der Waals surface area contributed by atoms with Gasteiger partial charge in [0.2, 0.25) is 0 Å². The summed E-state index contributed by atoms with van der Waals surface area (Å²) >= 11 is 0. The van der Waals surface area contributed by atoms with Gasteiger partial charge in [0.25, 0.3) is 0 Å². The van der Waals surface area contributed by atoms with Crippen LogP contribution in [0, 0.1) is 0 Å².